The number of carbonyl (C=O) groups excluding carboxylic acids is 1. The molecule has 9 nitrogen and oxygen atoms in total. The summed E-state index contributed by atoms with van der Waals surface area (Å²) < 4.78 is 3.55. The van der Waals surface area contributed by atoms with Crippen LogP contribution in [0.3, 0.4) is 0 Å². The van der Waals surface area contributed by atoms with Gasteiger partial charge in [-0.05, 0) is 5.21 Å². The van der Waals surface area contributed by atoms with E-state index in [0.717, 1.165) is 11.5 Å². The second-order valence-corrected chi connectivity index (χ2v) is 4.64. The van der Waals surface area contributed by atoms with Crippen LogP contribution < -0.4 is 16.6 Å². The summed E-state index contributed by atoms with van der Waals surface area (Å²) in [7, 11) is 0. The van der Waals surface area contributed by atoms with Gasteiger partial charge in [0.2, 0.25) is 5.13 Å². The van der Waals surface area contributed by atoms with Gasteiger partial charge in [-0.2, -0.15) is 0 Å². The molecule has 1 amide bonds. The molecule has 0 aromatic carbocycles. The van der Waals surface area contributed by atoms with Crippen LogP contribution in [-0.2, 0) is 0 Å². The number of nitrogens with zero attached hydrogens (tertiary/aromatic N) is 5. The number of hydrogen-bond acceptors (Lipinski definition) is 9. The highest BCUT2D eigenvalue weighted by Crippen LogP contribution is 2.17. The lowest BCUT2D eigenvalue weighted by molar-refractivity contribution is 0.102. The maximum atomic E-state index is 12.1. The standard InChI is InChI=1S/C9H12N8OS/c1-4(2)7-11-3-5(14-10)6(12-7)8(18)13-9-15-16-17-19-9/h3-4,14H,10H2,1-2H3,(H,13,15,17,18). The molecular formula is C9H12N8OS. The van der Waals surface area contributed by atoms with Gasteiger partial charge in [-0.25, -0.2) is 9.97 Å². The van der Waals surface area contributed by atoms with E-state index < -0.39 is 5.91 Å². The first-order valence-electron chi connectivity index (χ1n) is 5.41. The van der Waals surface area contributed by atoms with Gasteiger partial charge >= 0.3 is 0 Å². The molecule has 0 fully saturated rings. The Morgan fingerprint density at radius 2 is 2.26 bits per heavy atom. The van der Waals surface area contributed by atoms with Crippen molar-refractivity contribution in [1.29, 1.82) is 0 Å². The molecule has 10 heteroatoms. The summed E-state index contributed by atoms with van der Waals surface area (Å²) in [4.78, 5) is 20.4. The van der Waals surface area contributed by atoms with Gasteiger partial charge in [0.25, 0.3) is 5.91 Å². The predicted molar refractivity (Wildman–Crippen MR) is 69.6 cm³/mol. The Morgan fingerprint density at radius 1 is 1.47 bits per heavy atom. The van der Waals surface area contributed by atoms with Crippen molar-refractivity contribution < 1.29 is 4.79 Å². The van der Waals surface area contributed by atoms with Crippen molar-refractivity contribution in [3.05, 3.63) is 17.7 Å². The molecule has 0 radical (unpaired) electrons. The molecule has 0 aliphatic carbocycles. The van der Waals surface area contributed by atoms with Crippen LogP contribution in [0.4, 0.5) is 10.8 Å². The molecular weight excluding hydrogens is 268 g/mol. The van der Waals surface area contributed by atoms with Gasteiger partial charge in [-0.3, -0.25) is 16.0 Å². The summed E-state index contributed by atoms with van der Waals surface area (Å²) in [6.07, 6.45) is 1.47. The van der Waals surface area contributed by atoms with Crippen molar-refractivity contribution in [1.82, 2.24) is 24.8 Å². The first-order valence-corrected chi connectivity index (χ1v) is 6.19. The smallest absolute Gasteiger partial charge is 0.278 e. The molecule has 0 spiro atoms. The Morgan fingerprint density at radius 3 is 2.84 bits per heavy atom. The number of nitrogens with two attached hydrogens (primary N) is 1. The summed E-state index contributed by atoms with van der Waals surface area (Å²) >= 11 is 0.971. The Kier molecular flexibility index (Phi) is 3.92. The summed E-state index contributed by atoms with van der Waals surface area (Å²) in [6.45, 7) is 3.86. The van der Waals surface area contributed by atoms with Gasteiger partial charge in [0, 0.05) is 17.5 Å². The average Bonchev–Trinajstić information content (AvgIpc) is 2.90. The van der Waals surface area contributed by atoms with Crippen molar-refractivity contribution in [2.24, 2.45) is 5.84 Å². The number of anilines is 2. The van der Waals surface area contributed by atoms with E-state index in [9.17, 15) is 4.79 Å². The molecule has 100 valence electrons. The molecule has 2 heterocycles. The predicted octanol–water partition coefficient (Wildman–Crippen LogP) is 0.384. The topological polar surface area (TPSA) is 132 Å². The highest BCUT2D eigenvalue weighted by Gasteiger charge is 2.17. The lowest BCUT2D eigenvalue weighted by Gasteiger charge is -2.10. The molecule has 2 rings (SSSR count). The van der Waals surface area contributed by atoms with Crippen molar-refractivity contribution in [2.45, 2.75) is 19.8 Å². The van der Waals surface area contributed by atoms with Crippen LogP contribution in [0.15, 0.2) is 6.20 Å². The number of nitrogens with one attached hydrogen (secondary N) is 2. The Balaban J connectivity index is 2.30. The lowest BCUT2D eigenvalue weighted by atomic mass is 10.2. The van der Waals surface area contributed by atoms with Crippen molar-refractivity contribution >= 4 is 28.3 Å². The molecule has 0 atom stereocenters. The van der Waals surface area contributed by atoms with E-state index in [-0.39, 0.29) is 16.7 Å². The van der Waals surface area contributed by atoms with Crippen LogP contribution in [-0.4, -0.2) is 30.7 Å². The maximum Gasteiger partial charge on any atom is 0.278 e. The van der Waals surface area contributed by atoms with Crippen LogP contribution in [0.25, 0.3) is 0 Å². The van der Waals surface area contributed by atoms with Gasteiger partial charge in [-0.1, -0.05) is 23.4 Å². The normalized spacial score (nSPS) is 10.5. The minimum absolute atomic E-state index is 0.0987. The summed E-state index contributed by atoms with van der Waals surface area (Å²) in [5, 5.41) is 9.84. The summed E-state index contributed by atoms with van der Waals surface area (Å²) in [6, 6.07) is 0. The molecule has 2 aromatic heterocycles. The van der Waals surface area contributed by atoms with E-state index >= 15 is 0 Å². The Bertz CT molecular complexity index is 570. The third-order valence-electron chi connectivity index (χ3n) is 2.21. The molecule has 2 aromatic rings. The van der Waals surface area contributed by atoms with E-state index in [1.165, 1.54) is 6.20 Å². The average molecular weight is 280 g/mol. The second-order valence-electron chi connectivity index (χ2n) is 3.91. The third kappa shape index (κ3) is 2.98. The van der Waals surface area contributed by atoms with Crippen molar-refractivity contribution in [3.63, 3.8) is 0 Å². The Labute approximate surface area is 112 Å². The fourth-order valence-electron chi connectivity index (χ4n) is 1.29. The van der Waals surface area contributed by atoms with Crippen molar-refractivity contribution in [3.8, 4) is 0 Å². The SMILES string of the molecule is CC(C)c1ncc(NN)c(C(=O)Nc2nnns2)n1. The zero-order valence-corrected chi connectivity index (χ0v) is 11.1. The van der Waals surface area contributed by atoms with Gasteiger partial charge < -0.3 is 5.43 Å². The third-order valence-corrected chi connectivity index (χ3v) is 2.73. The van der Waals surface area contributed by atoms with Crippen LogP contribution in [0.2, 0.25) is 0 Å². The molecule has 0 saturated carbocycles. The van der Waals surface area contributed by atoms with Crippen molar-refractivity contribution in [2.75, 3.05) is 10.7 Å². The number of hydrogen-bond donors (Lipinski definition) is 3. The number of rotatable bonds is 4. The van der Waals surface area contributed by atoms with Crippen LogP contribution >= 0.6 is 11.5 Å². The molecule has 19 heavy (non-hydrogen) atoms. The fourth-order valence-corrected chi connectivity index (χ4v) is 1.65. The highest BCUT2D eigenvalue weighted by atomic mass is 32.1. The minimum Gasteiger partial charge on any atom is -0.321 e. The van der Waals surface area contributed by atoms with E-state index in [1.807, 2.05) is 13.8 Å². The van der Waals surface area contributed by atoms with Gasteiger partial charge in [0.15, 0.2) is 5.69 Å². The minimum atomic E-state index is -0.448. The molecule has 0 unspecified atom stereocenters. The van der Waals surface area contributed by atoms with Crippen LogP contribution in [0.5, 0.6) is 0 Å². The zero-order valence-electron chi connectivity index (χ0n) is 10.3. The monoisotopic (exact) mass is 280 g/mol. The second kappa shape index (κ2) is 5.63. The first-order chi connectivity index (χ1) is 9.11. The maximum absolute atomic E-state index is 12.1. The first kappa shape index (κ1) is 13.2. The zero-order chi connectivity index (χ0) is 13.8. The van der Waals surface area contributed by atoms with Crippen LogP contribution in [0, 0.1) is 0 Å². The molecule has 0 saturated heterocycles. The fraction of sp³-hybridized carbons (Fsp3) is 0.333. The number of carbonyl (C=O) groups is 1. The number of nitrogen functional groups attached to an aromatic ring is 1. The van der Waals surface area contributed by atoms with E-state index in [2.05, 4.69) is 35.5 Å². The Hall–Kier alpha value is -2.20. The quantitative estimate of drug-likeness (QED) is 0.541. The molecule has 0 aliphatic rings. The van der Waals surface area contributed by atoms with Crippen LogP contribution in [0.1, 0.15) is 36.1 Å². The molecule has 0 aliphatic heterocycles. The van der Waals surface area contributed by atoms with E-state index in [1.54, 1.807) is 0 Å². The largest absolute Gasteiger partial charge is 0.321 e. The number of amides is 1. The molecule has 0 bridgehead atoms. The number of hydrazine groups is 1. The van der Waals surface area contributed by atoms with Gasteiger partial charge in [0.05, 0.1) is 11.9 Å². The number of aromatic nitrogens is 5. The van der Waals surface area contributed by atoms with Gasteiger partial charge in [0.1, 0.15) is 5.82 Å². The summed E-state index contributed by atoms with van der Waals surface area (Å²) in [5.74, 6) is 5.55. The highest BCUT2D eigenvalue weighted by molar-refractivity contribution is 7.09. The van der Waals surface area contributed by atoms with E-state index in [4.69, 9.17) is 5.84 Å². The van der Waals surface area contributed by atoms with Gasteiger partial charge in [-0.15, -0.1) is 0 Å². The van der Waals surface area contributed by atoms with E-state index in [0.29, 0.717) is 11.5 Å². The molecule has 4 N–H and O–H groups in total. The lowest BCUT2D eigenvalue weighted by Crippen LogP contribution is -2.20. The summed E-state index contributed by atoms with van der Waals surface area (Å²) in [5.41, 5.74) is 2.87.